The van der Waals surface area contributed by atoms with E-state index in [1.54, 1.807) is 0 Å². The zero-order chi connectivity index (χ0) is 17.8. The molecule has 2 aromatic carbocycles. The van der Waals surface area contributed by atoms with E-state index < -0.39 is 0 Å². The van der Waals surface area contributed by atoms with Crippen LogP contribution in [0.25, 0.3) is 0 Å². The third-order valence-electron chi connectivity index (χ3n) is 4.51. The van der Waals surface area contributed by atoms with E-state index in [0.717, 1.165) is 23.4 Å². The van der Waals surface area contributed by atoms with Gasteiger partial charge in [0.2, 0.25) is 5.91 Å². The van der Waals surface area contributed by atoms with E-state index in [1.807, 2.05) is 55.5 Å². The summed E-state index contributed by atoms with van der Waals surface area (Å²) in [6, 6.07) is 15.5. The van der Waals surface area contributed by atoms with Crippen LogP contribution in [0.15, 0.2) is 48.5 Å². The minimum atomic E-state index is -0.0305. The molecule has 1 aliphatic heterocycles. The fourth-order valence-corrected chi connectivity index (χ4v) is 3.09. The van der Waals surface area contributed by atoms with Gasteiger partial charge in [-0.15, -0.1) is 0 Å². The molecule has 0 bridgehead atoms. The summed E-state index contributed by atoms with van der Waals surface area (Å²) in [5.41, 5.74) is 8.56. The van der Waals surface area contributed by atoms with E-state index >= 15 is 0 Å². The lowest BCUT2D eigenvalue weighted by molar-refractivity contribution is -0.120. The van der Waals surface area contributed by atoms with Crippen LogP contribution in [0.4, 0.5) is 11.4 Å². The van der Waals surface area contributed by atoms with Gasteiger partial charge in [0.05, 0.1) is 24.8 Å². The summed E-state index contributed by atoms with van der Waals surface area (Å²) in [5, 5.41) is 3.07. The minimum Gasteiger partial charge on any atom is -0.486 e. The standard InChI is InChI=1S/C20H25N3O2/c1-3-17-12-23(18-11-16(21)9-10-19(18)25-17)13-20(24)22-14(2)15-7-5-4-6-8-15/h4-11,14,17H,3,12-13,21H2,1-2H3,(H,22,24). The van der Waals surface area contributed by atoms with Crippen LogP contribution in [0.1, 0.15) is 31.9 Å². The molecule has 5 nitrogen and oxygen atoms in total. The number of carbonyl (C=O) groups excluding carboxylic acids is 1. The highest BCUT2D eigenvalue weighted by molar-refractivity contribution is 5.83. The number of nitrogens with two attached hydrogens (primary N) is 1. The Morgan fingerprint density at radius 1 is 1.32 bits per heavy atom. The Hall–Kier alpha value is -2.69. The van der Waals surface area contributed by atoms with Gasteiger partial charge in [-0.3, -0.25) is 4.79 Å². The Balaban J connectivity index is 1.71. The number of fused-ring (bicyclic) bond motifs is 1. The second-order valence-corrected chi connectivity index (χ2v) is 6.46. The van der Waals surface area contributed by atoms with Gasteiger partial charge in [-0.1, -0.05) is 37.3 Å². The highest BCUT2D eigenvalue weighted by Gasteiger charge is 2.26. The molecule has 0 saturated carbocycles. The van der Waals surface area contributed by atoms with Gasteiger partial charge in [0.1, 0.15) is 11.9 Å². The van der Waals surface area contributed by atoms with Crippen molar-refractivity contribution in [3.05, 3.63) is 54.1 Å². The molecule has 1 aliphatic rings. The highest BCUT2D eigenvalue weighted by Crippen LogP contribution is 2.35. The van der Waals surface area contributed by atoms with Crippen molar-refractivity contribution in [3.8, 4) is 5.75 Å². The Morgan fingerprint density at radius 3 is 2.80 bits per heavy atom. The van der Waals surface area contributed by atoms with Gasteiger partial charge >= 0.3 is 0 Å². The van der Waals surface area contributed by atoms with E-state index in [1.165, 1.54) is 0 Å². The SMILES string of the molecule is CCC1CN(CC(=O)NC(C)c2ccccc2)c2cc(N)ccc2O1. The van der Waals surface area contributed by atoms with Gasteiger partial charge in [0.15, 0.2) is 0 Å². The van der Waals surface area contributed by atoms with Crippen molar-refractivity contribution in [1.82, 2.24) is 5.32 Å². The van der Waals surface area contributed by atoms with Gasteiger partial charge in [0, 0.05) is 5.69 Å². The lowest BCUT2D eigenvalue weighted by Crippen LogP contribution is -2.45. The molecular formula is C20H25N3O2. The van der Waals surface area contributed by atoms with E-state index in [-0.39, 0.29) is 24.6 Å². The topological polar surface area (TPSA) is 67.6 Å². The van der Waals surface area contributed by atoms with Gasteiger partial charge in [-0.25, -0.2) is 0 Å². The molecule has 0 fully saturated rings. The fraction of sp³-hybridized carbons (Fsp3) is 0.350. The smallest absolute Gasteiger partial charge is 0.239 e. The number of amides is 1. The summed E-state index contributed by atoms with van der Waals surface area (Å²) in [6.45, 7) is 5.05. The maximum absolute atomic E-state index is 12.6. The molecule has 5 heteroatoms. The van der Waals surface area contributed by atoms with Crippen molar-refractivity contribution >= 4 is 17.3 Å². The number of rotatable bonds is 5. The molecule has 0 aromatic heterocycles. The molecule has 2 aromatic rings. The number of carbonyl (C=O) groups is 1. The fourth-order valence-electron chi connectivity index (χ4n) is 3.09. The monoisotopic (exact) mass is 339 g/mol. The Labute approximate surface area is 148 Å². The second kappa shape index (κ2) is 7.47. The van der Waals surface area contributed by atoms with Crippen LogP contribution in [0.5, 0.6) is 5.75 Å². The van der Waals surface area contributed by atoms with Crippen LogP contribution in [-0.4, -0.2) is 25.1 Å². The van der Waals surface area contributed by atoms with Crippen molar-refractivity contribution in [1.29, 1.82) is 0 Å². The van der Waals surface area contributed by atoms with Gasteiger partial charge < -0.3 is 20.7 Å². The van der Waals surface area contributed by atoms with E-state index in [2.05, 4.69) is 17.1 Å². The first-order valence-corrected chi connectivity index (χ1v) is 8.72. The van der Waals surface area contributed by atoms with Gasteiger partial charge in [-0.05, 0) is 37.1 Å². The van der Waals surface area contributed by atoms with Crippen LogP contribution in [0, 0.1) is 0 Å². The summed E-state index contributed by atoms with van der Waals surface area (Å²) in [7, 11) is 0. The normalized spacial score (nSPS) is 17.4. The quantitative estimate of drug-likeness (QED) is 0.821. The van der Waals surface area contributed by atoms with Crippen LogP contribution in [0.3, 0.4) is 0 Å². The van der Waals surface area contributed by atoms with Crippen molar-refractivity contribution in [2.24, 2.45) is 0 Å². The Bertz CT molecular complexity index is 733. The summed E-state index contributed by atoms with van der Waals surface area (Å²) in [5.74, 6) is 0.776. The average molecular weight is 339 g/mol. The summed E-state index contributed by atoms with van der Waals surface area (Å²) in [6.07, 6.45) is 0.970. The third kappa shape index (κ3) is 4.05. The predicted octanol–water partition coefficient (Wildman–Crippen LogP) is 3.12. The minimum absolute atomic E-state index is 0.0125. The molecule has 3 N–H and O–H groups in total. The number of benzene rings is 2. The third-order valence-corrected chi connectivity index (χ3v) is 4.51. The molecular weight excluding hydrogens is 314 g/mol. The summed E-state index contributed by atoms with van der Waals surface area (Å²) in [4.78, 5) is 14.6. The molecule has 132 valence electrons. The van der Waals surface area contributed by atoms with Crippen molar-refractivity contribution in [2.45, 2.75) is 32.4 Å². The number of hydrogen-bond donors (Lipinski definition) is 2. The molecule has 0 aliphatic carbocycles. The lowest BCUT2D eigenvalue weighted by atomic mass is 10.1. The summed E-state index contributed by atoms with van der Waals surface area (Å²) >= 11 is 0. The molecule has 2 unspecified atom stereocenters. The second-order valence-electron chi connectivity index (χ2n) is 6.46. The number of ether oxygens (including phenoxy) is 1. The van der Waals surface area contributed by atoms with E-state index in [4.69, 9.17) is 10.5 Å². The molecule has 2 atom stereocenters. The maximum Gasteiger partial charge on any atom is 0.239 e. The molecule has 0 spiro atoms. The van der Waals surface area contributed by atoms with Crippen LogP contribution >= 0.6 is 0 Å². The zero-order valence-corrected chi connectivity index (χ0v) is 14.7. The lowest BCUT2D eigenvalue weighted by Gasteiger charge is -2.36. The largest absolute Gasteiger partial charge is 0.486 e. The number of nitrogen functional groups attached to an aromatic ring is 1. The Kier molecular flexibility index (Phi) is 5.12. The Morgan fingerprint density at radius 2 is 2.08 bits per heavy atom. The maximum atomic E-state index is 12.6. The van der Waals surface area contributed by atoms with E-state index in [0.29, 0.717) is 12.2 Å². The highest BCUT2D eigenvalue weighted by atomic mass is 16.5. The number of anilines is 2. The molecule has 3 rings (SSSR count). The molecule has 0 radical (unpaired) electrons. The number of nitrogens with one attached hydrogen (secondary N) is 1. The van der Waals surface area contributed by atoms with Crippen LogP contribution in [0.2, 0.25) is 0 Å². The average Bonchev–Trinajstić information content (AvgIpc) is 2.62. The van der Waals surface area contributed by atoms with Gasteiger partial charge in [0.25, 0.3) is 0 Å². The van der Waals surface area contributed by atoms with Crippen molar-refractivity contribution < 1.29 is 9.53 Å². The molecule has 1 heterocycles. The van der Waals surface area contributed by atoms with Crippen LogP contribution in [-0.2, 0) is 4.79 Å². The molecule has 1 amide bonds. The first-order valence-electron chi connectivity index (χ1n) is 8.72. The molecule has 25 heavy (non-hydrogen) atoms. The first-order chi connectivity index (χ1) is 12.1. The zero-order valence-electron chi connectivity index (χ0n) is 14.7. The van der Waals surface area contributed by atoms with Crippen molar-refractivity contribution in [3.63, 3.8) is 0 Å². The van der Waals surface area contributed by atoms with Gasteiger partial charge in [-0.2, -0.15) is 0 Å². The summed E-state index contributed by atoms with van der Waals surface area (Å²) < 4.78 is 5.97. The number of nitrogens with zero attached hydrogens (tertiary/aromatic N) is 1. The van der Waals surface area contributed by atoms with Crippen LogP contribution < -0.4 is 20.7 Å². The predicted molar refractivity (Wildman–Crippen MR) is 101 cm³/mol. The van der Waals surface area contributed by atoms with Crippen molar-refractivity contribution in [2.75, 3.05) is 23.7 Å². The number of hydrogen-bond acceptors (Lipinski definition) is 4. The van der Waals surface area contributed by atoms with E-state index in [9.17, 15) is 4.79 Å². The first kappa shape index (κ1) is 17.1. The molecule has 0 saturated heterocycles.